The maximum Gasteiger partial charge on any atom is 0 e. The molecule has 3 aromatic rings. The normalized spacial score (nSPS) is 12.5. The number of rotatable bonds is 6. The molecule has 0 heterocycles. The first-order valence-corrected chi connectivity index (χ1v) is 11.2. The van der Waals surface area contributed by atoms with Crippen molar-refractivity contribution < 1.29 is 34.4 Å². The van der Waals surface area contributed by atoms with Crippen molar-refractivity contribution in [1.82, 2.24) is 0 Å². The summed E-state index contributed by atoms with van der Waals surface area (Å²) in [4.78, 5) is 12.5. The Bertz CT molecular complexity index is 912. The van der Waals surface area contributed by atoms with E-state index in [0.717, 1.165) is 16.7 Å². The Hall–Kier alpha value is -1.53. The van der Waals surface area contributed by atoms with Crippen LogP contribution in [0.2, 0.25) is 0 Å². The van der Waals surface area contributed by atoms with E-state index in [0.29, 0.717) is 23.0 Å². The maximum absolute atomic E-state index is 12.5. The van der Waals surface area contributed by atoms with E-state index in [-0.39, 0.29) is 20.4 Å². The van der Waals surface area contributed by atoms with Crippen LogP contribution in [0.15, 0.2) is 72.8 Å². The SMILES string of the molecule is CCOP(O)(Oc1ccccc1C)(c1ccccc1C)c1ccccc1C.[Pd]. The van der Waals surface area contributed by atoms with Crippen LogP contribution in [0, 0.1) is 20.8 Å². The summed E-state index contributed by atoms with van der Waals surface area (Å²) in [5, 5.41) is 1.39. The second-order valence-electron chi connectivity index (χ2n) is 6.76. The van der Waals surface area contributed by atoms with Crippen molar-refractivity contribution in [2.24, 2.45) is 0 Å². The minimum atomic E-state index is -4.42. The third-order valence-corrected chi connectivity index (χ3v) is 8.79. The van der Waals surface area contributed by atoms with Crippen molar-refractivity contribution >= 4 is 17.9 Å². The average Bonchev–Trinajstić information content (AvgIpc) is 2.65. The Morgan fingerprint density at radius 3 is 1.57 bits per heavy atom. The molecule has 0 aliphatic rings. The average molecular weight is 489 g/mol. The Morgan fingerprint density at radius 2 is 1.14 bits per heavy atom. The molecule has 3 nitrogen and oxygen atoms in total. The molecule has 0 radical (unpaired) electrons. The molecule has 0 aromatic heterocycles. The molecular formula is C23H27O3PPd. The quantitative estimate of drug-likeness (QED) is 0.393. The molecule has 0 bridgehead atoms. The number of aryl methyl sites for hydroxylation is 3. The number of para-hydroxylation sites is 1. The molecule has 5 heteroatoms. The molecule has 0 unspecified atom stereocenters. The van der Waals surface area contributed by atoms with Gasteiger partial charge in [-0.2, -0.15) is 0 Å². The van der Waals surface area contributed by atoms with Gasteiger partial charge in [0.25, 0.3) is 0 Å². The zero-order valence-electron chi connectivity index (χ0n) is 16.7. The summed E-state index contributed by atoms with van der Waals surface area (Å²) in [7, 11) is -4.42. The number of hydrogen-bond donors (Lipinski definition) is 1. The molecule has 28 heavy (non-hydrogen) atoms. The largest absolute Gasteiger partial charge is 0 e. The summed E-state index contributed by atoms with van der Waals surface area (Å²) in [6, 6.07) is 23.2. The first-order chi connectivity index (χ1) is 12.9. The van der Waals surface area contributed by atoms with Gasteiger partial charge in [-0.1, -0.05) is 0 Å². The van der Waals surface area contributed by atoms with E-state index >= 15 is 0 Å². The van der Waals surface area contributed by atoms with Gasteiger partial charge in [0.1, 0.15) is 0 Å². The molecule has 0 spiro atoms. The van der Waals surface area contributed by atoms with Crippen molar-refractivity contribution in [2.45, 2.75) is 27.7 Å². The van der Waals surface area contributed by atoms with Crippen LogP contribution < -0.4 is 15.1 Å². The van der Waals surface area contributed by atoms with Crippen LogP contribution in [0.4, 0.5) is 0 Å². The van der Waals surface area contributed by atoms with Crippen LogP contribution in [-0.4, -0.2) is 11.5 Å². The molecule has 0 saturated carbocycles. The fourth-order valence-electron chi connectivity index (χ4n) is 3.49. The van der Waals surface area contributed by atoms with Gasteiger partial charge in [-0.15, -0.1) is 0 Å². The van der Waals surface area contributed by atoms with Crippen molar-refractivity contribution in [2.75, 3.05) is 6.61 Å². The third kappa shape index (κ3) is 3.94. The molecule has 0 fully saturated rings. The van der Waals surface area contributed by atoms with Gasteiger partial charge in [-0.3, -0.25) is 0 Å². The Balaban J connectivity index is 0.00000280. The molecule has 3 rings (SSSR count). The molecule has 0 amide bonds. The number of benzene rings is 3. The first-order valence-electron chi connectivity index (χ1n) is 9.19. The van der Waals surface area contributed by atoms with Gasteiger partial charge in [-0.05, 0) is 0 Å². The van der Waals surface area contributed by atoms with Crippen molar-refractivity contribution in [3.05, 3.63) is 89.5 Å². The van der Waals surface area contributed by atoms with E-state index < -0.39 is 7.28 Å². The maximum atomic E-state index is 12.5. The van der Waals surface area contributed by atoms with E-state index in [9.17, 15) is 4.89 Å². The minimum absolute atomic E-state index is 0. The van der Waals surface area contributed by atoms with E-state index in [1.165, 1.54) is 0 Å². The second kappa shape index (κ2) is 8.87. The van der Waals surface area contributed by atoms with Gasteiger partial charge in [0.2, 0.25) is 0 Å². The van der Waals surface area contributed by atoms with Crippen LogP contribution >= 0.6 is 7.28 Å². The monoisotopic (exact) mass is 488 g/mol. The predicted octanol–water partition coefficient (Wildman–Crippen LogP) is 4.97. The molecule has 3 aromatic carbocycles. The van der Waals surface area contributed by atoms with Gasteiger partial charge in [0.05, 0.1) is 0 Å². The molecule has 1 N–H and O–H groups in total. The number of hydrogen-bond acceptors (Lipinski definition) is 3. The predicted molar refractivity (Wildman–Crippen MR) is 114 cm³/mol. The second-order valence-corrected chi connectivity index (χ2v) is 10.00. The summed E-state index contributed by atoms with van der Waals surface area (Å²) in [5.41, 5.74) is 2.81. The fraction of sp³-hybridized carbons (Fsp3) is 0.217. The van der Waals surface area contributed by atoms with E-state index in [2.05, 4.69) is 0 Å². The standard InChI is InChI=1S/C23H27O3P.Pd/c1-5-25-27(24,22-16-10-7-13-19(22)3,23-17-11-8-14-20(23)4)26-21-15-9-6-12-18(21)2;/h6-17,24H,5H2,1-4H3;. The zero-order valence-corrected chi connectivity index (χ0v) is 19.1. The van der Waals surface area contributed by atoms with Gasteiger partial charge >= 0.3 is 161 Å². The van der Waals surface area contributed by atoms with Crippen LogP contribution in [0.5, 0.6) is 5.75 Å². The topological polar surface area (TPSA) is 38.7 Å². The van der Waals surface area contributed by atoms with Crippen LogP contribution in [0.25, 0.3) is 0 Å². The molecular weight excluding hydrogens is 462 g/mol. The van der Waals surface area contributed by atoms with E-state index in [1.54, 1.807) is 0 Å². The Labute approximate surface area is 181 Å². The summed E-state index contributed by atoms with van der Waals surface area (Å²) in [5.74, 6) is 0.623. The Kier molecular flexibility index (Phi) is 7.21. The van der Waals surface area contributed by atoms with Crippen molar-refractivity contribution in [3.63, 3.8) is 0 Å². The van der Waals surface area contributed by atoms with Crippen LogP contribution in [0.3, 0.4) is 0 Å². The summed E-state index contributed by atoms with van der Waals surface area (Å²) in [6.45, 7) is 8.13. The summed E-state index contributed by atoms with van der Waals surface area (Å²) in [6.07, 6.45) is 0. The minimum Gasteiger partial charge on any atom is 0 e. The smallest absolute Gasteiger partial charge is 0 e. The summed E-state index contributed by atoms with van der Waals surface area (Å²) >= 11 is 0. The Morgan fingerprint density at radius 1 is 0.714 bits per heavy atom. The van der Waals surface area contributed by atoms with Gasteiger partial charge < -0.3 is 0 Å². The zero-order chi connectivity index (χ0) is 19.5. The molecule has 0 saturated heterocycles. The molecule has 0 aliphatic carbocycles. The summed E-state index contributed by atoms with van der Waals surface area (Å²) < 4.78 is 12.8. The third-order valence-electron chi connectivity index (χ3n) is 4.81. The first kappa shape index (κ1) is 22.8. The molecule has 152 valence electrons. The van der Waals surface area contributed by atoms with Gasteiger partial charge in [0, 0.05) is 20.4 Å². The van der Waals surface area contributed by atoms with Gasteiger partial charge in [-0.25, -0.2) is 0 Å². The van der Waals surface area contributed by atoms with Crippen molar-refractivity contribution in [3.8, 4) is 5.75 Å². The van der Waals surface area contributed by atoms with E-state index in [4.69, 9.17) is 9.05 Å². The molecule has 0 aliphatic heterocycles. The van der Waals surface area contributed by atoms with Crippen molar-refractivity contribution in [1.29, 1.82) is 0 Å². The van der Waals surface area contributed by atoms with E-state index in [1.807, 2.05) is 100 Å². The van der Waals surface area contributed by atoms with Gasteiger partial charge in [0.15, 0.2) is 0 Å². The van der Waals surface area contributed by atoms with Crippen LogP contribution in [0.1, 0.15) is 23.6 Å². The fourth-order valence-corrected chi connectivity index (χ4v) is 7.41. The van der Waals surface area contributed by atoms with Crippen LogP contribution in [-0.2, 0) is 24.9 Å². The molecule has 0 atom stereocenters.